The molecule has 0 amide bonds. The second kappa shape index (κ2) is 10.9. The smallest absolute Gasteiger partial charge is 0.179 e. The fraction of sp³-hybridized carbons (Fsp3) is 0.250. The van der Waals surface area contributed by atoms with Crippen molar-refractivity contribution >= 4 is 39.5 Å². The molecule has 1 aliphatic rings. The fourth-order valence-corrected chi connectivity index (χ4v) is 6.03. The lowest BCUT2D eigenvalue weighted by Gasteiger charge is -2.28. The van der Waals surface area contributed by atoms with Gasteiger partial charge in [-0.15, -0.1) is 11.3 Å². The summed E-state index contributed by atoms with van der Waals surface area (Å²) in [5, 5.41) is 5.58. The Morgan fingerprint density at radius 2 is 1.51 bits per heavy atom. The maximum absolute atomic E-state index is 13.0. The number of hydrogen-bond acceptors (Lipinski definition) is 6. The van der Waals surface area contributed by atoms with E-state index in [0.717, 1.165) is 56.9 Å². The summed E-state index contributed by atoms with van der Waals surface area (Å²) in [7, 11) is 0. The molecule has 6 nitrogen and oxygen atoms in total. The van der Waals surface area contributed by atoms with Crippen molar-refractivity contribution in [3.63, 3.8) is 0 Å². The van der Waals surface area contributed by atoms with Crippen LogP contribution >= 0.6 is 11.3 Å². The van der Waals surface area contributed by atoms with Crippen LogP contribution in [0, 0.1) is 6.92 Å². The minimum Gasteiger partial charge on any atom is -0.372 e. The van der Waals surface area contributed by atoms with Crippen LogP contribution in [0.25, 0.3) is 16.6 Å². The Morgan fingerprint density at radius 3 is 2.23 bits per heavy atom. The summed E-state index contributed by atoms with van der Waals surface area (Å²) < 4.78 is 1.89. The number of thiazole rings is 1. The van der Waals surface area contributed by atoms with Crippen LogP contribution in [0.4, 0.5) is 5.69 Å². The van der Waals surface area contributed by atoms with Gasteiger partial charge in [-0.3, -0.25) is 9.59 Å². The van der Waals surface area contributed by atoms with E-state index in [2.05, 4.69) is 27.1 Å². The van der Waals surface area contributed by atoms with Gasteiger partial charge in [0.25, 0.3) is 0 Å². The number of Topliss-reactive ketones (excluding diaryl/α,β-unsaturated/α-hetero) is 2. The Morgan fingerprint density at radius 1 is 0.821 bits per heavy atom. The van der Waals surface area contributed by atoms with Crippen LogP contribution in [-0.2, 0) is 12.8 Å². The summed E-state index contributed by atoms with van der Waals surface area (Å²) in [4.78, 5) is 32.9. The average molecular weight is 535 g/mol. The number of carbonyl (C=O) groups excluding carboxylic acids is 2. The zero-order chi connectivity index (χ0) is 26.8. The zero-order valence-corrected chi connectivity index (χ0v) is 22.8. The van der Waals surface area contributed by atoms with Crippen molar-refractivity contribution in [3.8, 4) is 5.69 Å². The van der Waals surface area contributed by atoms with Gasteiger partial charge in [0.15, 0.2) is 11.6 Å². The monoisotopic (exact) mass is 534 g/mol. The van der Waals surface area contributed by atoms with E-state index in [9.17, 15) is 9.59 Å². The predicted octanol–water partition coefficient (Wildman–Crippen LogP) is 6.63. The number of anilines is 1. The van der Waals surface area contributed by atoms with E-state index in [-0.39, 0.29) is 11.6 Å². The summed E-state index contributed by atoms with van der Waals surface area (Å²) in [5.41, 5.74) is 8.27. The summed E-state index contributed by atoms with van der Waals surface area (Å²) >= 11 is 1.39. The summed E-state index contributed by atoms with van der Waals surface area (Å²) in [6.45, 7) is 4.06. The van der Waals surface area contributed by atoms with Gasteiger partial charge < -0.3 is 4.90 Å². The Bertz CT molecular complexity index is 1630. The van der Waals surface area contributed by atoms with Gasteiger partial charge in [-0.05, 0) is 85.8 Å². The van der Waals surface area contributed by atoms with Crippen molar-refractivity contribution < 1.29 is 9.59 Å². The number of nitrogens with zero attached hydrogens (tertiary/aromatic N) is 4. The molecule has 5 aromatic rings. The number of piperidine rings is 1. The molecule has 196 valence electrons. The molecule has 6 rings (SSSR count). The summed E-state index contributed by atoms with van der Waals surface area (Å²) in [5.74, 6) is 0.206. The van der Waals surface area contributed by atoms with E-state index in [1.54, 1.807) is 5.51 Å². The molecule has 2 aromatic heterocycles. The molecule has 3 heterocycles. The highest BCUT2D eigenvalue weighted by Crippen LogP contribution is 2.24. The minimum atomic E-state index is 0.0901. The van der Waals surface area contributed by atoms with Crippen molar-refractivity contribution in [1.29, 1.82) is 0 Å². The van der Waals surface area contributed by atoms with E-state index in [1.165, 1.54) is 36.3 Å². The van der Waals surface area contributed by atoms with E-state index in [4.69, 9.17) is 0 Å². The Labute approximate surface area is 231 Å². The third-order valence-corrected chi connectivity index (χ3v) is 8.42. The maximum atomic E-state index is 13.0. The number of aryl methyl sites for hydroxylation is 1. The van der Waals surface area contributed by atoms with E-state index >= 15 is 0 Å². The number of aromatic nitrogens is 3. The van der Waals surface area contributed by atoms with E-state index < -0.39 is 0 Å². The van der Waals surface area contributed by atoms with E-state index in [1.807, 2.05) is 72.4 Å². The molecule has 0 unspecified atom stereocenters. The Balaban J connectivity index is 1.13. The van der Waals surface area contributed by atoms with Crippen molar-refractivity contribution in [2.75, 3.05) is 18.0 Å². The number of rotatable bonds is 8. The number of hydrogen-bond donors (Lipinski definition) is 0. The molecule has 1 fully saturated rings. The second-order valence-electron chi connectivity index (χ2n) is 10.2. The van der Waals surface area contributed by atoms with Crippen LogP contribution in [0.5, 0.6) is 0 Å². The average Bonchev–Trinajstić information content (AvgIpc) is 3.60. The van der Waals surface area contributed by atoms with Gasteiger partial charge in [0, 0.05) is 42.6 Å². The molecule has 1 saturated heterocycles. The van der Waals surface area contributed by atoms with Gasteiger partial charge in [0.2, 0.25) is 0 Å². The van der Waals surface area contributed by atoms with Crippen LogP contribution in [-0.4, -0.2) is 39.4 Å². The first-order valence-electron chi connectivity index (χ1n) is 13.4. The lowest BCUT2D eigenvalue weighted by atomic mass is 10.0. The predicted molar refractivity (Wildman–Crippen MR) is 156 cm³/mol. The molecular formula is C32H30N4O2S. The molecule has 1 aliphatic heterocycles. The van der Waals surface area contributed by atoms with Crippen LogP contribution in [0.15, 0.2) is 78.4 Å². The summed E-state index contributed by atoms with van der Waals surface area (Å²) in [6.07, 6.45) is 6.31. The SMILES string of the molecule is Cc1ncsc1C(=O)Cc1ccc(-n2ncc3cc(CC(=O)c4ccc(N5CCCCC5)cc4)ccc32)cc1. The normalized spacial score (nSPS) is 13.6. The molecule has 0 aliphatic carbocycles. The molecule has 0 N–H and O–H groups in total. The van der Waals surface area contributed by atoms with Gasteiger partial charge in [-0.1, -0.05) is 18.2 Å². The number of fused-ring (bicyclic) bond motifs is 1. The number of carbonyl (C=O) groups is 2. The molecule has 3 aromatic carbocycles. The third kappa shape index (κ3) is 5.40. The first-order valence-corrected chi connectivity index (χ1v) is 14.3. The van der Waals surface area contributed by atoms with Gasteiger partial charge in [-0.2, -0.15) is 5.10 Å². The zero-order valence-electron chi connectivity index (χ0n) is 22.0. The molecule has 0 bridgehead atoms. The van der Waals surface area contributed by atoms with Gasteiger partial charge in [0.05, 0.1) is 33.5 Å². The van der Waals surface area contributed by atoms with Gasteiger partial charge in [-0.25, -0.2) is 9.67 Å². The van der Waals surface area contributed by atoms with Gasteiger partial charge in [0.1, 0.15) is 0 Å². The highest BCUT2D eigenvalue weighted by atomic mass is 32.1. The van der Waals surface area contributed by atoms with Crippen LogP contribution in [0.2, 0.25) is 0 Å². The molecule has 39 heavy (non-hydrogen) atoms. The van der Waals surface area contributed by atoms with Crippen LogP contribution in [0.1, 0.15) is 56.1 Å². The quantitative estimate of drug-likeness (QED) is 0.209. The highest BCUT2D eigenvalue weighted by molar-refractivity contribution is 7.11. The van der Waals surface area contributed by atoms with Crippen LogP contribution < -0.4 is 4.90 Å². The van der Waals surface area contributed by atoms with Crippen molar-refractivity contribution in [2.24, 2.45) is 0 Å². The second-order valence-corrected chi connectivity index (χ2v) is 11.0. The first kappa shape index (κ1) is 25.2. The van der Waals surface area contributed by atoms with Crippen molar-refractivity contribution in [1.82, 2.24) is 14.8 Å². The molecule has 0 spiro atoms. The highest BCUT2D eigenvalue weighted by Gasteiger charge is 2.15. The Hall–Kier alpha value is -4.10. The standard InChI is InChI=1S/C32H30N4O2S/c1-22-32(39-21-33-22)31(38)18-23-5-10-28(11-6-23)36-29-14-7-24(17-26(29)20-34-36)19-30(37)25-8-12-27(13-9-25)35-15-3-2-4-16-35/h5-14,17,20-21H,2-4,15-16,18-19H2,1H3. The molecule has 0 atom stereocenters. The lowest BCUT2D eigenvalue weighted by molar-refractivity contribution is 0.0986. The molecule has 0 radical (unpaired) electrons. The molecule has 7 heteroatoms. The largest absolute Gasteiger partial charge is 0.372 e. The Kier molecular flexibility index (Phi) is 7.07. The number of benzene rings is 3. The maximum Gasteiger partial charge on any atom is 0.179 e. The number of ketones is 2. The van der Waals surface area contributed by atoms with E-state index in [0.29, 0.717) is 12.8 Å². The van der Waals surface area contributed by atoms with Crippen molar-refractivity contribution in [3.05, 3.63) is 106 Å². The van der Waals surface area contributed by atoms with Crippen molar-refractivity contribution in [2.45, 2.75) is 39.0 Å². The molecule has 0 saturated carbocycles. The molecular weight excluding hydrogens is 504 g/mol. The summed E-state index contributed by atoms with van der Waals surface area (Å²) in [6, 6.07) is 22.1. The third-order valence-electron chi connectivity index (χ3n) is 7.45. The van der Waals surface area contributed by atoms with Crippen LogP contribution in [0.3, 0.4) is 0 Å². The van der Waals surface area contributed by atoms with Gasteiger partial charge >= 0.3 is 0 Å². The lowest BCUT2D eigenvalue weighted by Crippen LogP contribution is -2.29. The first-order chi connectivity index (χ1) is 19.0. The fourth-order valence-electron chi connectivity index (χ4n) is 5.29. The topological polar surface area (TPSA) is 68.1 Å². The minimum absolute atomic E-state index is 0.0901.